The Labute approximate surface area is 142 Å². The summed E-state index contributed by atoms with van der Waals surface area (Å²) in [6.45, 7) is 0.518. The Bertz CT molecular complexity index is 607. The molecule has 0 N–H and O–H groups in total. The Morgan fingerprint density at radius 1 is 1.30 bits per heavy atom. The van der Waals surface area contributed by atoms with Gasteiger partial charge in [0, 0.05) is 28.1 Å². The summed E-state index contributed by atoms with van der Waals surface area (Å²) >= 11 is 7.66. The zero-order chi connectivity index (χ0) is 16.6. The first-order chi connectivity index (χ1) is 10.9. The lowest BCUT2D eigenvalue weighted by Crippen LogP contribution is -2.42. The molecule has 1 aromatic rings. The average Bonchev–Trinajstić information content (AvgIpc) is 2.53. The normalized spacial score (nSPS) is 25.1. The highest BCUT2D eigenvalue weighted by molar-refractivity contribution is 7.99. The summed E-state index contributed by atoms with van der Waals surface area (Å²) in [7, 11) is 0. The fraction of sp³-hybridized carbons (Fsp3) is 0.562. The molecule has 0 radical (unpaired) electrons. The van der Waals surface area contributed by atoms with Crippen molar-refractivity contribution < 1.29 is 18.0 Å². The van der Waals surface area contributed by atoms with Crippen molar-refractivity contribution in [2.24, 2.45) is 11.8 Å². The van der Waals surface area contributed by atoms with Gasteiger partial charge in [0.2, 0.25) is 5.91 Å². The molecule has 1 aliphatic heterocycles. The number of anilines is 1. The molecule has 1 aliphatic carbocycles. The van der Waals surface area contributed by atoms with Crippen molar-refractivity contribution >= 4 is 35.0 Å². The van der Waals surface area contributed by atoms with E-state index < -0.39 is 18.0 Å². The number of carbonyl (C=O) groups excluding carboxylic acids is 1. The van der Waals surface area contributed by atoms with E-state index >= 15 is 0 Å². The molecule has 1 heterocycles. The lowest BCUT2D eigenvalue weighted by atomic mass is 9.80. The maximum absolute atomic E-state index is 13.0. The van der Waals surface area contributed by atoms with Gasteiger partial charge in [-0.2, -0.15) is 13.2 Å². The quantitative estimate of drug-likeness (QED) is 0.688. The van der Waals surface area contributed by atoms with E-state index in [-0.39, 0.29) is 18.7 Å². The van der Waals surface area contributed by atoms with Crippen molar-refractivity contribution in [3.63, 3.8) is 0 Å². The number of thioether (sulfide) groups is 1. The van der Waals surface area contributed by atoms with Gasteiger partial charge in [-0.3, -0.25) is 4.79 Å². The van der Waals surface area contributed by atoms with Gasteiger partial charge in [0.05, 0.1) is 11.6 Å². The molecular weight excluding hydrogens is 347 g/mol. The van der Waals surface area contributed by atoms with Gasteiger partial charge in [0.15, 0.2) is 0 Å². The van der Waals surface area contributed by atoms with E-state index in [9.17, 15) is 18.0 Å². The molecule has 1 amide bonds. The number of amides is 1. The predicted octanol–water partition coefficient (Wildman–Crippen LogP) is 5.15. The standard InChI is InChI=1S/C16H17ClF3NOS/c17-12-4-5-14-13(9-12)21(6-7-23-14)15(22)10-2-1-3-11(8-10)16(18,19)20/h4-5,9-11H,1-3,6-8H2. The molecule has 2 atom stereocenters. The van der Waals surface area contributed by atoms with Crippen LogP contribution in [0.1, 0.15) is 25.7 Å². The number of hydrogen-bond acceptors (Lipinski definition) is 2. The molecule has 0 bridgehead atoms. The van der Waals surface area contributed by atoms with Crippen molar-refractivity contribution in [1.82, 2.24) is 0 Å². The molecule has 2 nitrogen and oxygen atoms in total. The topological polar surface area (TPSA) is 20.3 Å². The predicted molar refractivity (Wildman–Crippen MR) is 86.0 cm³/mol. The van der Waals surface area contributed by atoms with Crippen LogP contribution in [-0.2, 0) is 4.79 Å². The molecule has 1 fully saturated rings. The first-order valence-corrected chi connectivity index (χ1v) is 9.03. The van der Waals surface area contributed by atoms with Crippen LogP contribution in [0.3, 0.4) is 0 Å². The molecule has 1 aromatic carbocycles. The van der Waals surface area contributed by atoms with Gasteiger partial charge in [0.1, 0.15) is 0 Å². The fourth-order valence-corrected chi connectivity index (χ4v) is 4.49. The van der Waals surface area contributed by atoms with Gasteiger partial charge in [-0.05, 0) is 37.5 Å². The summed E-state index contributed by atoms with van der Waals surface area (Å²) in [5, 5.41) is 0.529. The maximum Gasteiger partial charge on any atom is 0.391 e. The largest absolute Gasteiger partial charge is 0.391 e. The van der Waals surface area contributed by atoms with Crippen LogP contribution in [0.2, 0.25) is 5.02 Å². The molecule has 126 valence electrons. The van der Waals surface area contributed by atoms with Crippen LogP contribution in [0.4, 0.5) is 18.9 Å². The van der Waals surface area contributed by atoms with Gasteiger partial charge >= 0.3 is 6.18 Å². The highest BCUT2D eigenvalue weighted by Gasteiger charge is 2.44. The van der Waals surface area contributed by atoms with Crippen molar-refractivity contribution in [2.45, 2.75) is 36.8 Å². The summed E-state index contributed by atoms with van der Waals surface area (Å²) in [5.74, 6) is -1.35. The lowest BCUT2D eigenvalue weighted by molar-refractivity contribution is -0.186. The van der Waals surface area contributed by atoms with Crippen molar-refractivity contribution in [1.29, 1.82) is 0 Å². The van der Waals surface area contributed by atoms with Crippen LogP contribution in [0.5, 0.6) is 0 Å². The van der Waals surface area contributed by atoms with E-state index in [1.165, 1.54) is 0 Å². The van der Waals surface area contributed by atoms with Crippen LogP contribution in [0, 0.1) is 11.8 Å². The summed E-state index contributed by atoms with van der Waals surface area (Å²) < 4.78 is 38.9. The van der Waals surface area contributed by atoms with Crippen molar-refractivity contribution in [3.05, 3.63) is 23.2 Å². The minimum absolute atomic E-state index is 0.0954. The highest BCUT2D eigenvalue weighted by Crippen LogP contribution is 2.42. The third kappa shape index (κ3) is 3.63. The summed E-state index contributed by atoms with van der Waals surface area (Å²) in [4.78, 5) is 15.4. The Hall–Kier alpha value is -0.880. The SMILES string of the molecule is O=C(C1CCCC(C(F)(F)F)C1)N1CCSc2ccc(Cl)cc21. The molecular formula is C16H17ClF3NOS. The molecule has 0 spiro atoms. The summed E-state index contributed by atoms with van der Waals surface area (Å²) in [5.41, 5.74) is 0.730. The zero-order valence-corrected chi connectivity index (χ0v) is 14.0. The van der Waals surface area contributed by atoms with E-state index in [4.69, 9.17) is 11.6 Å². The first kappa shape index (κ1) is 17.0. The van der Waals surface area contributed by atoms with Gasteiger partial charge < -0.3 is 4.90 Å². The van der Waals surface area contributed by atoms with Crippen LogP contribution in [0.15, 0.2) is 23.1 Å². The molecule has 2 unspecified atom stereocenters. The molecule has 0 saturated heterocycles. The molecule has 23 heavy (non-hydrogen) atoms. The number of fused-ring (bicyclic) bond motifs is 1. The Balaban J connectivity index is 1.80. The Morgan fingerprint density at radius 3 is 2.83 bits per heavy atom. The van der Waals surface area contributed by atoms with Gasteiger partial charge in [0.25, 0.3) is 0 Å². The van der Waals surface area contributed by atoms with Crippen LogP contribution >= 0.6 is 23.4 Å². The van der Waals surface area contributed by atoms with E-state index in [1.807, 2.05) is 6.07 Å². The van der Waals surface area contributed by atoms with Crippen molar-refractivity contribution in [3.8, 4) is 0 Å². The van der Waals surface area contributed by atoms with Crippen LogP contribution in [-0.4, -0.2) is 24.4 Å². The third-order valence-corrected chi connectivity index (χ3v) is 5.81. The number of alkyl halides is 3. The minimum atomic E-state index is -4.21. The number of nitrogens with zero attached hydrogens (tertiary/aromatic N) is 1. The third-order valence-electron chi connectivity index (χ3n) is 4.54. The first-order valence-electron chi connectivity index (χ1n) is 7.66. The van der Waals surface area contributed by atoms with E-state index in [2.05, 4.69) is 0 Å². The fourth-order valence-electron chi connectivity index (χ4n) is 3.35. The lowest BCUT2D eigenvalue weighted by Gasteiger charge is -2.35. The maximum atomic E-state index is 13.0. The number of hydrogen-bond donors (Lipinski definition) is 0. The van der Waals surface area contributed by atoms with E-state index in [1.54, 1.807) is 28.8 Å². The number of rotatable bonds is 1. The van der Waals surface area contributed by atoms with Gasteiger partial charge in [-0.1, -0.05) is 18.0 Å². The number of halogens is 4. The molecule has 0 aromatic heterocycles. The average molecular weight is 364 g/mol. The highest BCUT2D eigenvalue weighted by atomic mass is 35.5. The van der Waals surface area contributed by atoms with E-state index in [0.29, 0.717) is 24.4 Å². The summed E-state index contributed by atoms with van der Waals surface area (Å²) in [6, 6.07) is 5.35. The van der Waals surface area contributed by atoms with Gasteiger partial charge in [-0.15, -0.1) is 11.8 Å². The minimum Gasteiger partial charge on any atom is -0.310 e. The van der Waals surface area contributed by atoms with Crippen molar-refractivity contribution in [2.75, 3.05) is 17.2 Å². The van der Waals surface area contributed by atoms with Crippen LogP contribution < -0.4 is 4.90 Å². The monoisotopic (exact) mass is 363 g/mol. The second-order valence-electron chi connectivity index (χ2n) is 6.05. The van der Waals surface area contributed by atoms with Crippen LogP contribution in [0.25, 0.3) is 0 Å². The smallest absolute Gasteiger partial charge is 0.310 e. The molecule has 3 rings (SSSR count). The second kappa shape index (κ2) is 6.55. The number of carbonyl (C=O) groups is 1. The Morgan fingerprint density at radius 2 is 2.09 bits per heavy atom. The Kier molecular flexibility index (Phi) is 4.83. The molecule has 2 aliphatic rings. The van der Waals surface area contributed by atoms with Gasteiger partial charge in [-0.25, -0.2) is 0 Å². The second-order valence-corrected chi connectivity index (χ2v) is 7.63. The summed E-state index contributed by atoms with van der Waals surface area (Å²) in [6.07, 6.45) is -3.19. The molecule has 1 saturated carbocycles. The zero-order valence-electron chi connectivity index (χ0n) is 12.4. The molecule has 7 heteroatoms. The van der Waals surface area contributed by atoms with E-state index in [0.717, 1.165) is 16.3 Å². The number of benzene rings is 1.